The van der Waals surface area contributed by atoms with Gasteiger partial charge in [0.1, 0.15) is 0 Å². The Balaban J connectivity index is 2.18. The number of nitrogens with one attached hydrogen (secondary N) is 1. The van der Waals surface area contributed by atoms with Crippen molar-refractivity contribution in [2.75, 3.05) is 18.8 Å². The number of urea groups is 1. The first-order valence-electron chi connectivity index (χ1n) is 5.30. The second kappa shape index (κ2) is 4.36. The van der Waals surface area contributed by atoms with Crippen LogP contribution in [-0.2, 0) is 0 Å². The smallest absolute Gasteiger partial charge is 0.312 e. The van der Waals surface area contributed by atoms with Gasteiger partial charge in [0, 0.05) is 18.8 Å². The van der Waals surface area contributed by atoms with Gasteiger partial charge in [-0.15, -0.1) is 0 Å². The highest BCUT2D eigenvalue weighted by Crippen LogP contribution is 2.26. The van der Waals surface area contributed by atoms with Crippen molar-refractivity contribution < 1.29 is 14.4 Å². The minimum Gasteiger partial charge on any atom is -0.398 e. The highest BCUT2D eigenvalue weighted by atomic mass is 16.2. The number of hydrogen-bond acceptors (Lipinski definition) is 4. The molecule has 1 aromatic rings. The minimum atomic E-state index is -0.703. The second-order valence-corrected chi connectivity index (χ2v) is 3.82. The molecule has 7 heteroatoms. The van der Waals surface area contributed by atoms with Crippen molar-refractivity contribution >= 4 is 23.5 Å². The number of hydrogen-bond donors (Lipinski definition) is 3. The molecule has 0 bridgehead atoms. The standard InChI is InChI=1S/C11H12N4O3/c12-7-3-1-2-6-8(7)10(17)15(9(6)16)5-4-14-11(13)18/h1-3H,4-5,12H2,(H3,13,14,18). The number of carbonyl (C=O) groups is 3. The summed E-state index contributed by atoms with van der Waals surface area (Å²) in [6.07, 6.45) is 0. The summed E-state index contributed by atoms with van der Waals surface area (Å²) in [5.74, 6) is -0.854. The molecule has 0 saturated heterocycles. The summed E-state index contributed by atoms with van der Waals surface area (Å²) in [5, 5.41) is 2.32. The maximum atomic E-state index is 12.0. The Morgan fingerprint density at radius 1 is 1.28 bits per heavy atom. The van der Waals surface area contributed by atoms with E-state index in [1.165, 1.54) is 0 Å². The molecule has 0 fully saturated rings. The van der Waals surface area contributed by atoms with E-state index < -0.39 is 17.8 Å². The predicted octanol–water partition coefficient (Wildman–Crippen LogP) is -0.467. The Hall–Kier alpha value is -2.57. The van der Waals surface area contributed by atoms with Gasteiger partial charge in [0.05, 0.1) is 11.1 Å². The number of imide groups is 1. The van der Waals surface area contributed by atoms with E-state index in [2.05, 4.69) is 5.32 Å². The van der Waals surface area contributed by atoms with E-state index in [4.69, 9.17) is 11.5 Å². The first-order valence-corrected chi connectivity index (χ1v) is 5.30. The number of fused-ring (bicyclic) bond motifs is 1. The molecule has 0 saturated carbocycles. The molecule has 2 rings (SSSR count). The van der Waals surface area contributed by atoms with Crippen LogP contribution in [0.3, 0.4) is 0 Å². The number of primary amides is 1. The molecule has 1 aromatic carbocycles. The molecule has 5 N–H and O–H groups in total. The van der Waals surface area contributed by atoms with Gasteiger partial charge in [0.15, 0.2) is 0 Å². The Labute approximate surface area is 103 Å². The van der Waals surface area contributed by atoms with Crippen LogP contribution >= 0.6 is 0 Å². The lowest BCUT2D eigenvalue weighted by atomic mass is 10.1. The molecule has 0 spiro atoms. The highest BCUT2D eigenvalue weighted by molar-refractivity contribution is 6.23. The molecule has 18 heavy (non-hydrogen) atoms. The fraction of sp³-hybridized carbons (Fsp3) is 0.182. The van der Waals surface area contributed by atoms with E-state index in [-0.39, 0.29) is 24.3 Å². The van der Waals surface area contributed by atoms with Gasteiger partial charge >= 0.3 is 6.03 Å². The lowest BCUT2D eigenvalue weighted by Crippen LogP contribution is -2.39. The Kier molecular flexibility index (Phi) is 2.88. The number of anilines is 1. The molecule has 94 valence electrons. The normalized spacial score (nSPS) is 13.7. The van der Waals surface area contributed by atoms with Crippen LogP contribution < -0.4 is 16.8 Å². The molecule has 1 aliphatic rings. The van der Waals surface area contributed by atoms with Crippen LogP contribution in [0.15, 0.2) is 18.2 Å². The van der Waals surface area contributed by atoms with Crippen molar-refractivity contribution in [1.29, 1.82) is 0 Å². The van der Waals surface area contributed by atoms with Gasteiger partial charge in [0.25, 0.3) is 11.8 Å². The van der Waals surface area contributed by atoms with Crippen LogP contribution in [0.25, 0.3) is 0 Å². The lowest BCUT2D eigenvalue weighted by Gasteiger charge is -2.13. The van der Waals surface area contributed by atoms with Gasteiger partial charge in [0.2, 0.25) is 0 Å². The average molecular weight is 248 g/mol. The van der Waals surface area contributed by atoms with Crippen LogP contribution in [0.4, 0.5) is 10.5 Å². The van der Waals surface area contributed by atoms with E-state index in [1.54, 1.807) is 18.2 Å². The highest BCUT2D eigenvalue weighted by Gasteiger charge is 2.36. The third kappa shape index (κ3) is 1.86. The summed E-state index contributed by atoms with van der Waals surface area (Å²) in [4.78, 5) is 35.5. The quantitative estimate of drug-likeness (QED) is 0.495. The Bertz CT molecular complexity index is 541. The number of nitrogens with zero attached hydrogens (tertiary/aromatic N) is 1. The maximum Gasteiger partial charge on any atom is 0.312 e. The van der Waals surface area contributed by atoms with E-state index >= 15 is 0 Å². The lowest BCUT2D eigenvalue weighted by molar-refractivity contribution is 0.0656. The van der Waals surface area contributed by atoms with Gasteiger partial charge in [-0.05, 0) is 12.1 Å². The Morgan fingerprint density at radius 3 is 2.61 bits per heavy atom. The maximum absolute atomic E-state index is 12.0. The number of nitrogen functional groups attached to an aromatic ring is 1. The predicted molar refractivity (Wildman–Crippen MR) is 63.8 cm³/mol. The van der Waals surface area contributed by atoms with Crippen LogP contribution in [0.1, 0.15) is 20.7 Å². The first-order chi connectivity index (χ1) is 8.52. The summed E-state index contributed by atoms with van der Waals surface area (Å²) in [6, 6.07) is 4.03. The van der Waals surface area contributed by atoms with Crippen LogP contribution in [0.5, 0.6) is 0 Å². The molecule has 1 heterocycles. The molecule has 0 aliphatic carbocycles. The molecule has 0 aromatic heterocycles. The number of benzene rings is 1. The Morgan fingerprint density at radius 2 is 2.00 bits per heavy atom. The SMILES string of the molecule is NC(=O)NCCN1C(=O)c2cccc(N)c2C1=O. The molecule has 1 aliphatic heterocycles. The zero-order valence-corrected chi connectivity index (χ0v) is 9.47. The van der Waals surface area contributed by atoms with E-state index in [9.17, 15) is 14.4 Å². The third-order valence-corrected chi connectivity index (χ3v) is 2.67. The average Bonchev–Trinajstić information content (AvgIpc) is 2.55. The van der Waals surface area contributed by atoms with Crippen molar-refractivity contribution in [2.24, 2.45) is 5.73 Å². The monoisotopic (exact) mass is 248 g/mol. The van der Waals surface area contributed by atoms with Crippen LogP contribution in [0.2, 0.25) is 0 Å². The van der Waals surface area contributed by atoms with Crippen LogP contribution in [-0.4, -0.2) is 35.8 Å². The zero-order valence-electron chi connectivity index (χ0n) is 9.47. The summed E-state index contributed by atoms with van der Waals surface area (Å²) < 4.78 is 0. The second-order valence-electron chi connectivity index (χ2n) is 3.82. The van der Waals surface area contributed by atoms with Gasteiger partial charge in [-0.2, -0.15) is 0 Å². The van der Waals surface area contributed by atoms with E-state index in [0.29, 0.717) is 5.56 Å². The van der Waals surface area contributed by atoms with Crippen molar-refractivity contribution in [1.82, 2.24) is 10.2 Å². The first kappa shape index (κ1) is 11.9. The molecular formula is C11H12N4O3. The molecule has 0 atom stereocenters. The minimum absolute atomic E-state index is 0.0642. The molecule has 7 nitrogen and oxygen atoms in total. The summed E-state index contributed by atoms with van der Waals surface area (Å²) in [7, 11) is 0. The molecule has 0 unspecified atom stereocenters. The fourth-order valence-electron chi connectivity index (χ4n) is 1.85. The molecule has 0 radical (unpaired) electrons. The van der Waals surface area contributed by atoms with Gasteiger partial charge in [-0.3, -0.25) is 14.5 Å². The van der Waals surface area contributed by atoms with Gasteiger partial charge in [-0.25, -0.2) is 4.79 Å². The number of amides is 4. The largest absolute Gasteiger partial charge is 0.398 e. The van der Waals surface area contributed by atoms with E-state index in [0.717, 1.165) is 4.90 Å². The molecular weight excluding hydrogens is 236 g/mol. The van der Waals surface area contributed by atoms with Crippen molar-refractivity contribution in [2.45, 2.75) is 0 Å². The zero-order chi connectivity index (χ0) is 13.3. The van der Waals surface area contributed by atoms with Crippen molar-refractivity contribution in [3.8, 4) is 0 Å². The third-order valence-electron chi connectivity index (χ3n) is 2.67. The van der Waals surface area contributed by atoms with Gasteiger partial charge < -0.3 is 16.8 Å². The van der Waals surface area contributed by atoms with Crippen LogP contribution in [0, 0.1) is 0 Å². The van der Waals surface area contributed by atoms with E-state index in [1.807, 2.05) is 0 Å². The number of rotatable bonds is 3. The van der Waals surface area contributed by atoms with Crippen molar-refractivity contribution in [3.63, 3.8) is 0 Å². The van der Waals surface area contributed by atoms with Crippen molar-refractivity contribution in [3.05, 3.63) is 29.3 Å². The summed E-state index contributed by atoms with van der Waals surface area (Å²) in [6.45, 7) is 0.176. The topological polar surface area (TPSA) is 119 Å². The summed E-state index contributed by atoms with van der Waals surface area (Å²) >= 11 is 0. The fourth-order valence-corrected chi connectivity index (χ4v) is 1.85. The van der Waals surface area contributed by atoms with Gasteiger partial charge in [-0.1, -0.05) is 6.07 Å². The summed E-state index contributed by atoms with van der Waals surface area (Å²) in [5.41, 5.74) is 11.4. The number of nitrogens with two attached hydrogens (primary N) is 2. The molecule has 4 amide bonds. The number of carbonyl (C=O) groups excluding carboxylic acids is 3.